The molecular formula is C28H29Cl2N5O5. The highest BCUT2D eigenvalue weighted by molar-refractivity contribution is 6.37. The lowest BCUT2D eigenvalue weighted by molar-refractivity contribution is -0.125. The first-order chi connectivity index (χ1) is 19.1. The Morgan fingerprint density at radius 3 is 2.35 bits per heavy atom. The summed E-state index contributed by atoms with van der Waals surface area (Å²) in [6.07, 6.45) is 4.60. The lowest BCUT2D eigenvalue weighted by atomic mass is 9.90. The lowest BCUT2D eigenvalue weighted by Crippen LogP contribution is -2.49. The number of anilines is 1. The molecule has 2 aliphatic rings. The van der Waals surface area contributed by atoms with Crippen LogP contribution in [0.2, 0.25) is 10.0 Å². The van der Waals surface area contributed by atoms with Gasteiger partial charge in [0.2, 0.25) is 5.91 Å². The number of carboxylic acid groups (broad SMARTS) is 1. The van der Waals surface area contributed by atoms with Crippen LogP contribution in [0, 0.1) is 0 Å². The third kappa shape index (κ3) is 5.64. The maximum absolute atomic E-state index is 12.8. The van der Waals surface area contributed by atoms with Gasteiger partial charge >= 0.3 is 6.09 Å². The van der Waals surface area contributed by atoms with Gasteiger partial charge in [0.05, 0.1) is 32.5 Å². The molecule has 40 heavy (non-hydrogen) atoms. The third-order valence-electron chi connectivity index (χ3n) is 7.63. The monoisotopic (exact) mass is 585 g/mol. The number of halogens is 2. The Hall–Kier alpha value is -3.63. The van der Waals surface area contributed by atoms with E-state index in [9.17, 15) is 24.6 Å². The molecule has 10 nitrogen and oxygen atoms in total. The summed E-state index contributed by atoms with van der Waals surface area (Å²) in [7, 11) is 0. The molecule has 1 aromatic carbocycles. The molecule has 0 radical (unpaired) electrons. The van der Waals surface area contributed by atoms with Crippen LogP contribution in [0.15, 0.2) is 30.5 Å². The number of nitrogens with zero attached hydrogens (tertiary/aromatic N) is 3. The van der Waals surface area contributed by atoms with E-state index in [1.54, 1.807) is 30.5 Å². The van der Waals surface area contributed by atoms with E-state index in [0.29, 0.717) is 65.8 Å². The number of hydrogen-bond donors (Lipinski definition) is 4. The topological polar surface area (TPSA) is 145 Å². The van der Waals surface area contributed by atoms with Gasteiger partial charge in [-0.05, 0) is 69.7 Å². The molecule has 1 saturated carbocycles. The number of phenols is 1. The fourth-order valence-corrected chi connectivity index (χ4v) is 5.99. The Morgan fingerprint density at radius 2 is 1.70 bits per heavy atom. The molecule has 1 unspecified atom stereocenters. The number of phenolic OH excluding ortho intramolecular Hbond substituents is 1. The van der Waals surface area contributed by atoms with Crippen LogP contribution in [-0.2, 0) is 4.79 Å². The predicted molar refractivity (Wildman–Crippen MR) is 152 cm³/mol. The lowest BCUT2D eigenvalue weighted by Gasteiger charge is -2.32. The Labute approximate surface area is 240 Å². The van der Waals surface area contributed by atoms with Crippen molar-refractivity contribution in [3.63, 3.8) is 0 Å². The van der Waals surface area contributed by atoms with E-state index in [1.807, 2.05) is 0 Å². The van der Waals surface area contributed by atoms with Crippen LogP contribution in [0.3, 0.4) is 0 Å². The van der Waals surface area contributed by atoms with Crippen LogP contribution in [0.25, 0.3) is 22.3 Å². The van der Waals surface area contributed by atoms with E-state index in [2.05, 4.69) is 15.6 Å². The molecule has 1 aliphatic heterocycles. The standard InChI is InChI=1S/C28H29Cl2N5O5/c1-14(36)18-13-31-22-9-8-21(15-11-19(29)26(37)20(30)12-15)34-25(22)24(18)32-16-4-6-17(7-5-16)33-27(38)23-3-2-10-35(23)28(39)40/h8-9,11-13,16-17,23,37H,2-7,10H2,1H3,(H,31,32)(H,33,38)(H,39,40). The number of benzene rings is 1. The zero-order valence-corrected chi connectivity index (χ0v) is 23.3. The Morgan fingerprint density at radius 1 is 1.02 bits per heavy atom. The van der Waals surface area contributed by atoms with Gasteiger partial charge in [-0.2, -0.15) is 0 Å². The second-order valence-corrected chi connectivity index (χ2v) is 11.1. The van der Waals surface area contributed by atoms with Crippen LogP contribution < -0.4 is 10.6 Å². The molecule has 1 atom stereocenters. The molecule has 2 aromatic heterocycles. The number of pyridine rings is 2. The first-order valence-electron chi connectivity index (χ1n) is 13.2. The highest BCUT2D eigenvalue weighted by atomic mass is 35.5. The first kappa shape index (κ1) is 27.9. The number of Topliss-reactive ketones (excluding diaryl/α,β-unsaturated/α-hetero) is 1. The van der Waals surface area contributed by atoms with Crippen LogP contribution in [0.4, 0.5) is 10.5 Å². The number of fused-ring (bicyclic) bond motifs is 1. The number of likely N-dealkylation sites (tertiary alicyclic amines) is 1. The second-order valence-electron chi connectivity index (χ2n) is 10.3. The third-order valence-corrected chi connectivity index (χ3v) is 8.20. The maximum atomic E-state index is 12.8. The SMILES string of the molecule is CC(=O)c1cnc2ccc(-c3cc(Cl)c(O)c(Cl)c3)nc2c1NC1CCC(NC(=O)C2CCCN2C(=O)O)CC1. The number of carbonyl (C=O) groups excluding carboxylic acids is 2. The summed E-state index contributed by atoms with van der Waals surface area (Å²) in [5.74, 6) is -0.591. The van der Waals surface area contributed by atoms with E-state index in [0.717, 1.165) is 12.8 Å². The maximum Gasteiger partial charge on any atom is 0.407 e. The van der Waals surface area contributed by atoms with Gasteiger partial charge in [0, 0.05) is 30.4 Å². The van der Waals surface area contributed by atoms with Crippen molar-refractivity contribution >= 4 is 57.7 Å². The minimum atomic E-state index is -1.07. The van der Waals surface area contributed by atoms with Crippen molar-refractivity contribution < 1.29 is 24.6 Å². The fraction of sp³-hybridized carbons (Fsp3) is 0.393. The molecule has 2 fully saturated rings. The van der Waals surface area contributed by atoms with E-state index in [4.69, 9.17) is 28.2 Å². The molecular weight excluding hydrogens is 557 g/mol. The van der Waals surface area contributed by atoms with Crippen molar-refractivity contribution in [2.45, 2.75) is 63.6 Å². The fourth-order valence-electron chi connectivity index (χ4n) is 5.51. The number of aromatic hydroxyl groups is 1. The number of amides is 2. The average Bonchev–Trinajstić information content (AvgIpc) is 3.43. The summed E-state index contributed by atoms with van der Waals surface area (Å²) >= 11 is 12.3. The van der Waals surface area contributed by atoms with Crippen molar-refractivity contribution in [2.75, 3.05) is 11.9 Å². The van der Waals surface area contributed by atoms with Crippen molar-refractivity contribution in [3.8, 4) is 17.0 Å². The highest BCUT2D eigenvalue weighted by Crippen LogP contribution is 2.37. The Balaban J connectivity index is 1.34. The first-order valence-corrected chi connectivity index (χ1v) is 13.9. The summed E-state index contributed by atoms with van der Waals surface area (Å²) in [5.41, 5.74) is 3.29. The van der Waals surface area contributed by atoms with Gasteiger partial charge in [0.25, 0.3) is 0 Å². The summed E-state index contributed by atoms with van der Waals surface area (Å²) in [5, 5.41) is 26.1. The quantitative estimate of drug-likeness (QED) is 0.278. The van der Waals surface area contributed by atoms with Crippen molar-refractivity contribution in [3.05, 3.63) is 46.1 Å². The van der Waals surface area contributed by atoms with Gasteiger partial charge in [-0.15, -0.1) is 0 Å². The van der Waals surface area contributed by atoms with Crippen molar-refractivity contribution in [2.24, 2.45) is 0 Å². The van der Waals surface area contributed by atoms with Gasteiger partial charge in [-0.1, -0.05) is 23.2 Å². The largest absolute Gasteiger partial charge is 0.505 e. The molecule has 4 N–H and O–H groups in total. The summed E-state index contributed by atoms with van der Waals surface area (Å²) in [6.45, 7) is 1.86. The van der Waals surface area contributed by atoms with Gasteiger partial charge in [-0.3, -0.25) is 19.5 Å². The van der Waals surface area contributed by atoms with Crippen LogP contribution in [0.5, 0.6) is 5.75 Å². The molecule has 5 rings (SSSR count). The van der Waals surface area contributed by atoms with Crippen molar-refractivity contribution in [1.82, 2.24) is 20.2 Å². The normalized spacial score (nSPS) is 20.9. The smallest absolute Gasteiger partial charge is 0.407 e. The van der Waals surface area contributed by atoms with Crippen LogP contribution in [-0.4, -0.2) is 67.5 Å². The number of ketones is 1. The highest BCUT2D eigenvalue weighted by Gasteiger charge is 2.35. The number of carbonyl (C=O) groups is 3. The van der Waals surface area contributed by atoms with Crippen molar-refractivity contribution in [1.29, 1.82) is 0 Å². The van der Waals surface area contributed by atoms with E-state index >= 15 is 0 Å². The van der Waals surface area contributed by atoms with Gasteiger partial charge < -0.3 is 20.8 Å². The molecule has 3 heterocycles. The predicted octanol–water partition coefficient (Wildman–Crippen LogP) is 5.49. The molecule has 1 aliphatic carbocycles. The Bertz CT molecular complexity index is 1470. The summed E-state index contributed by atoms with van der Waals surface area (Å²) < 4.78 is 0. The Kier molecular flexibility index (Phi) is 8.00. The second kappa shape index (κ2) is 11.5. The van der Waals surface area contributed by atoms with Gasteiger partial charge in [0.15, 0.2) is 11.5 Å². The van der Waals surface area contributed by atoms with Gasteiger partial charge in [-0.25, -0.2) is 9.78 Å². The molecule has 12 heteroatoms. The molecule has 2 amide bonds. The molecule has 3 aromatic rings. The zero-order valence-electron chi connectivity index (χ0n) is 21.8. The van der Waals surface area contributed by atoms with E-state index in [-0.39, 0.29) is 39.6 Å². The van der Waals surface area contributed by atoms with Crippen LogP contribution in [0.1, 0.15) is 55.8 Å². The zero-order chi connectivity index (χ0) is 28.6. The molecule has 1 saturated heterocycles. The molecule has 210 valence electrons. The van der Waals surface area contributed by atoms with Crippen LogP contribution >= 0.6 is 23.2 Å². The minimum Gasteiger partial charge on any atom is -0.505 e. The summed E-state index contributed by atoms with van der Waals surface area (Å²) in [4.78, 5) is 47.2. The number of nitrogens with one attached hydrogen (secondary N) is 2. The number of hydrogen-bond acceptors (Lipinski definition) is 7. The average molecular weight is 586 g/mol. The molecule has 0 spiro atoms. The number of aromatic nitrogens is 2. The number of rotatable bonds is 6. The van der Waals surface area contributed by atoms with Gasteiger partial charge in [0.1, 0.15) is 11.6 Å². The van der Waals surface area contributed by atoms with E-state index in [1.165, 1.54) is 11.8 Å². The molecule has 0 bridgehead atoms. The minimum absolute atomic E-state index is 0.0295. The summed E-state index contributed by atoms with van der Waals surface area (Å²) in [6, 6.07) is 6.07. The van der Waals surface area contributed by atoms with E-state index < -0.39 is 12.1 Å².